The predicted octanol–water partition coefficient (Wildman–Crippen LogP) is 6.31. The van der Waals surface area contributed by atoms with Gasteiger partial charge in [0.25, 0.3) is 10.1 Å². The van der Waals surface area contributed by atoms with E-state index in [2.05, 4.69) is 55.0 Å². The Morgan fingerprint density at radius 1 is 0.884 bits per heavy atom. The number of hydrogen-bond donors (Lipinski definition) is 2. The van der Waals surface area contributed by atoms with Crippen LogP contribution in [0.4, 0.5) is 5.69 Å². The second kappa shape index (κ2) is 11.1. The standard InChI is InChI=1S/C35H30N2O5S/c1-23-18-19-30-34-24(23)11-8-12-25(34)28(36(30)2)15-6-4-3-5-7-16-29-26-13-9-14-27-32(43(40,41)42)21-20-31(35(26)27)37(29)22-10-17-33(38)39/h3-9,11-16,18-21H,10,17,22H2,1-2H3,(H-,38,39,40,41,42)/p+1. The van der Waals surface area contributed by atoms with E-state index in [4.69, 9.17) is 0 Å². The molecular weight excluding hydrogens is 560 g/mol. The lowest BCUT2D eigenvalue weighted by Crippen LogP contribution is -2.17. The molecule has 0 bridgehead atoms. The van der Waals surface area contributed by atoms with Gasteiger partial charge in [-0.2, -0.15) is 13.0 Å². The number of allylic oxidation sites excluding steroid dienone is 6. The Hall–Kier alpha value is -4.79. The molecule has 8 heteroatoms. The Bertz CT molecular complexity index is 2230. The molecule has 2 heterocycles. The largest absolute Gasteiger partial charge is 0.481 e. The van der Waals surface area contributed by atoms with Crippen molar-refractivity contribution in [3.63, 3.8) is 0 Å². The first-order chi connectivity index (χ1) is 20.7. The molecule has 2 N–H and O–H groups in total. The van der Waals surface area contributed by atoms with Crippen LogP contribution in [0.25, 0.3) is 38.5 Å². The van der Waals surface area contributed by atoms with Crippen molar-refractivity contribution in [2.75, 3.05) is 7.05 Å². The summed E-state index contributed by atoms with van der Waals surface area (Å²) in [6.07, 6.45) is 14.2. The van der Waals surface area contributed by atoms with Crippen LogP contribution < -0.4 is 5.35 Å². The molecule has 0 unspecified atom stereocenters. The van der Waals surface area contributed by atoms with Gasteiger partial charge in [-0.15, -0.1) is 0 Å². The highest BCUT2D eigenvalue weighted by Crippen LogP contribution is 2.36. The maximum atomic E-state index is 12.1. The zero-order valence-electron chi connectivity index (χ0n) is 23.9. The average Bonchev–Trinajstić information content (AvgIpc) is 3.42. The lowest BCUT2D eigenvalue weighted by Gasteiger charge is -2.07. The molecule has 1 aliphatic heterocycles. The number of carbonyl (C=O) groups is 1. The number of nitrogens with zero attached hydrogens (tertiary/aromatic N) is 2. The monoisotopic (exact) mass is 591 g/mol. The number of aliphatic carboxylic acids is 1. The summed E-state index contributed by atoms with van der Waals surface area (Å²) in [7, 11) is -2.33. The highest BCUT2D eigenvalue weighted by molar-refractivity contribution is 7.86. The summed E-state index contributed by atoms with van der Waals surface area (Å²) in [4.78, 5) is 11.0. The van der Waals surface area contributed by atoms with Gasteiger partial charge in [-0.3, -0.25) is 9.35 Å². The maximum Gasteiger partial charge on any atom is 0.303 e. The number of carboxylic acids is 1. The molecule has 1 aromatic heterocycles. The van der Waals surface area contributed by atoms with Gasteiger partial charge in [0, 0.05) is 52.1 Å². The number of carboxylic acid groups (broad SMARTS) is 1. The summed E-state index contributed by atoms with van der Waals surface area (Å²) < 4.78 is 38.1. The Morgan fingerprint density at radius 2 is 1.60 bits per heavy atom. The molecule has 6 rings (SSSR count). The van der Waals surface area contributed by atoms with Crippen LogP contribution in [0, 0.1) is 6.92 Å². The van der Waals surface area contributed by atoms with Gasteiger partial charge in [-0.05, 0) is 48.6 Å². The van der Waals surface area contributed by atoms with Gasteiger partial charge < -0.3 is 9.67 Å². The topological polar surface area (TPSA) is 99.6 Å². The van der Waals surface area contributed by atoms with Crippen molar-refractivity contribution in [2.45, 2.75) is 31.2 Å². The fourth-order valence-corrected chi connectivity index (χ4v) is 6.82. The van der Waals surface area contributed by atoms with Gasteiger partial charge in [0.05, 0.1) is 10.9 Å². The van der Waals surface area contributed by atoms with E-state index in [0.29, 0.717) is 18.4 Å². The summed E-state index contributed by atoms with van der Waals surface area (Å²) in [5.41, 5.74) is 5.61. The lowest BCUT2D eigenvalue weighted by molar-refractivity contribution is -0.399. The van der Waals surface area contributed by atoms with Crippen LogP contribution in [0.3, 0.4) is 0 Å². The van der Waals surface area contributed by atoms with Crippen molar-refractivity contribution in [1.29, 1.82) is 0 Å². The third-order valence-corrected chi connectivity index (χ3v) is 8.99. The number of hydrogen-bond acceptors (Lipinski definition) is 3. The minimum atomic E-state index is -4.42. The normalized spacial score (nSPS) is 14.3. The van der Waals surface area contributed by atoms with Gasteiger partial charge in [0.1, 0.15) is 11.9 Å². The minimum absolute atomic E-state index is 0.0185. The summed E-state index contributed by atoms with van der Waals surface area (Å²) in [6, 6.07) is 19.2. The first-order valence-corrected chi connectivity index (χ1v) is 15.5. The van der Waals surface area contributed by atoms with Crippen LogP contribution in [0.2, 0.25) is 0 Å². The fraction of sp³-hybridized carbons (Fsp3) is 0.143. The van der Waals surface area contributed by atoms with Crippen LogP contribution in [0.15, 0.2) is 102 Å². The SMILES string of the molecule is Cc1ccc2c3c(cccc13)C(/C=C/C=C/C=C/C=c1/c3cccc4c(S(=O)(=O)O)ccc(c43)n1CCCC(=O)O)=[N+]2C. The van der Waals surface area contributed by atoms with Crippen LogP contribution >= 0.6 is 0 Å². The molecule has 0 saturated heterocycles. The molecule has 0 fully saturated rings. The molecule has 0 aliphatic carbocycles. The summed E-state index contributed by atoms with van der Waals surface area (Å²) in [6.45, 7) is 2.58. The van der Waals surface area contributed by atoms with Gasteiger partial charge in [0.15, 0.2) is 0 Å². The Labute approximate surface area is 249 Å². The lowest BCUT2D eigenvalue weighted by atomic mass is 9.99. The van der Waals surface area contributed by atoms with Crippen LogP contribution in [0.5, 0.6) is 0 Å². The number of aryl methyl sites for hydroxylation is 2. The predicted molar refractivity (Wildman–Crippen MR) is 172 cm³/mol. The first-order valence-electron chi connectivity index (χ1n) is 14.0. The Balaban J connectivity index is 1.32. The van der Waals surface area contributed by atoms with Crippen molar-refractivity contribution in [3.8, 4) is 0 Å². The number of rotatable bonds is 9. The van der Waals surface area contributed by atoms with Crippen LogP contribution in [-0.2, 0) is 21.5 Å². The van der Waals surface area contributed by atoms with Gasteiger partial charge in [-0.25, -0.2) is 0 Å². The van der Waals surface area contributed by atoms with E-state index >= 15 is 0 Å². The Kier molecular flexibility index (Phi) is 7.33. The molecule has 0 spiro atoms. The molecule has 4 aromatic carbocycles. The van der Waals surface area contributed by atoms with Gasteiger partial charge in [0.2, 0.25) is 11.4 Å². The van der Waals surface area contributed by atoms with E-state index in [1.807, 2.05) is 47.1 Å². The van der Waals surface area contributed by atoms with E-state index in [1.54, 1.807) is 18.2 Å². The van der Waals surface area contributed by atoms with E-state index in [0.717, 1.165) is 27.3 Å². The zero-order valence-corrected chi connectivity index (χ0v) is 24.7. The quantitative estimate of drug-likeness (QED) is 0.119. The number of aromatic nitrogens is 1. The van der Waals surface area contributed by atoms with Crippen molar-refractivity contribution in [1.82, 2.24) is 4.57 Å². The molecule has 7 nitrogen and oxygen atoms in total. The maximum absolute atomic E-state index is 12.1. The van der Waals surface area contributed by atoms with Crippen LogP contribution in [0.1, 0.15) is 24.0 Å². The first kappa shape index (κ1) is 28.3. The minimum Gasteiger partial charge on any atom is -0.481 e. The summed E-state index contributed by atoms with van der Waals surface area (Å²) in [5.74, 6) is -0.871. The second-order valence-electron chi connectivity index (χ2n) is 10.7. The van der Waals surface area contributed by atoms with Crippen molar-refractivity contribution in [3.05, 3.63) is 114 Å². The molecule has 0 amide bonds. The van der Waals surface area contributed by atoms with Crippen molar-refractivity contribution in [2.24, 2.45) is 0 Å². The zero-order chi connectivity index (χ0) is 30.3. The molecule has 216 valence electrons. The molecule has 0 saturated carbocycles. The van der Waals surface area contributed by atoms with Crippen molar-refractivity contribution < 1.29 is 27.4 Å². The van der Waals surface area contributed by atoms with Crippen molar-refractivity contribution >= 4 is 66.0 Å². The Morgan fingerprint density at radius 3 is 2.40 bits per heavy atom. The van der Waals surface area contributed by atoms with E-state index in [1.165, 1.54) is 33.7 Å². The second-order valence-corrected chi connectivity index (χ2v) is 12.1. The fourth-order valence-electron chi connectivity index (χ4n) is 6.13. The number of benzene rings is 4. The van der Waals surface area contributed by atoms with E-state index in [-0.39, 0.29) is 11.3 Å². The third kappa shape index (κ3) is 5.09. The van der Waals surface area contributed by atoms with E-state index in [9.17, 15) is 22.9 Å². The van der Waals surface area contributed by atoms with Crippen LogP contribution in [-0.4, -0.2) is 45.9 Å². The molecular formula is C35H31N2O5S+. The molecule has 0 radical (unpaired) electrons. The average molecular weight is 592 g/mol. The molecule has 43 heavy (non-hydrogen) atoms. The highest BCUT2D eigenvalue weighted by atomic mass is 32.2. The molecule has 0 atom stereocenters. The van der Waals surface area contributed by atoms with E-state index < -0.39 is 16.1 Å². The molecule has 5 aromatic rings. The third-order valence-electron chi connectivity index (χ3n) is 8.07. The molecule has 1 aliphatic rings. The smallest absolute Gasteiger partial charge is 0.303 e. The highest BCUT2D eigenvalue weighted by Gasteiger charge is 2.28. The summed E-state index contributed by atoms with van der Waals surface area (Å²) in [5, 5.41) is 14.5. The summed E-state index contributed by atoms with van der Waals surface area (Å²) >= 11 is 0. The van der Waals surface area contributed by atoms with Gasteiger partial charge >= 0.3 is 5.97 Å². The van der Waals surface area contributed by atoms with Gasteiger partial charge in [-0.1, -0.05) is 66.8 Å².